The lowest BCUT2D eigenvalue weighted by Gasteiger charge is -2.42. The molecule has 4 aliphatic carbocycles. The first kappa shape index (κ1) is 36.8. The van der Waals surface area contributed by atoms with Crippen molar-refractivity contribution in [2.75, 3.05) is 18.1 Å². The third-order valence-corrected chi connectivity index (χ3v) is 12.9. The van der Waals surface area contributed by atoms with Crippen molar-refractivity contribution in [3.8, 4) is 22.5 Å². The van der Waals surface area contributed by atoms with E-state index in [1.807, 2.05) is 31.2 Å². The van der Waals surface area contributed by atoms with Crippen LogP contribution in [0.4, 0.5) is 5.95 Å². The number of rotatable bonds is 7. The van der Waals surface area contributed by atoms with Crippen molar-refractivity contribution in [3.63, 3.8) is 0 Å². The standard InChI is InChI=1S/C22H27N3O.C21H24N2O3S/c1-3-14-25-20(26)18-19(24-21(25)23-4-2)17-11-7-6-10-16(17)15-22(18)12-8-5-9-13-22;1-3-13-23-19(24)17-18(22-20(23)27(2,25)26)16-10-6-5-9-15(16)14-21(17)11-7-4-8-12-21/h3,6-7,10-11H,1,4-5,8-9,12-15H2,2H3,(H,23,24);3,5-6,9-10H,1,4,7-8,11-14H2,2H3. The molecule has 2 fully saturated rings. The van der Waals surface area contributed by atoms with Gasteiger partial charge < -0.3 is 5.32 Å². The Hall–Kier alpha value is -4.57. The maximum atomic E-state index is 13.6. The van der Waals surface area contributed by atoms with Gasteiger partial charge in [0.15, 0.2) is 0 Å². The summed E-state index contributed by atoms with van der Waals surface area (Å²) < 4.78 is 27.8. The van der Waals surface area contributed by atoms with Gasteiger partial charge in [-0.2, -0.15) is 0 Å². The Kier molecular flexibility index (Phi) is 10.2. The topological polar surface area (TPSA) is 116 Å². The summed E-state index contributed by atoms with van der Waals surface area (Å²) in [7, 11) is -3.65. The number of sulfone groups is 1. The van der Waals surface area contributed by atoms with E-state index in [1.165, 1.54) is 35.8 Å². The third-order valence-electron chi connectivity index (χ3n) is 11.9. The predicted octanol–water partition coefficient (Wildman–Crippen LogP) is 7.54. The summed E-state index contributed by atoms with van der Waals surface area (Å²) in [6.07, 6.45) is 17.2. The van der Waals surface area contributed by atoms with Gasteiger partial charge in [0.1, 0.15) is 0 Å². The molecule has 0 atom stereocenters. The number of nitrogens with one attached hydrogen (secondary N) is 1. The molecule has 2 aromatic carbocycles. The smallest absolute Gasteiger partial charge is 0.259 e. The second kappa shape index (κ2) is 14.7. The average molecular weight is 734 g/mol. The quantitative estimate of drug-likeness (QED) is 0.154. The number of anilines is 1. The van der Waals surface area contributed by atoms with Crippen molar-refractivity contribution in [2.45, 2.75) is 113 Å². The van der Waals surface area contributed by atoms with Crippen molar-refractivity contribution >= 4 is 15.8 Å². The maximum absolute atomic E-state index is 13.6. The molecule has 10 heteroatoms. The SMILES string of the molecule is C=CCn1c(NCC)nc2c(c1=O)C1(CCCCC1)Cc1ccccc1-2.C=CCn1c(S(C)(=O)=O)nc2c(c1=O)C1(CCCCC1)Cc1ccccc1-2. The van der Waals surface area contributed by atoms with E-state index in [9.17, 15) is 18.0 Å². The molecular weight excluding hydrogens is 683 g/mol. The molecule has 2 aromatic heterocycles. The molecule has 53 heavy (non-hydrogen) atoms. The molecule has 9 nitrogen and oxygen atoms in total. The molecule has 4 aliphatic rings. The Balaban J connectivity index is 0.000000164. The molecule has 0 amide bonds. The number of aromatic nitrogens is 4. The van der Waals surface area contributed by atoms with Crippen LogP contribution in [-0.2, 0) is 46.6 Å². The zero-order valence-electron chi connectivity index (χ0n) is 31.1. The lowest BCUT2D eigenvalue weighted by molar-refractivity contribution is 0.282. The summed E-state index contributed by atoms with van der Waals surface area (Å²) in [6, 6.07) is 16.4. The highest BCUT2D eigenvalue weighted by Gasteiger charge is 2.45. The molecule has 2 saturated carbocycles. The lowest BCUT2D eigenvalue weighted by Crippen LogP contribution is -2.43. The fraction of sp³-hybridized carbons (Fsp3) is 0.442. The number of benzene rings is 2. The molecule has 0 aliphatic heterocycles. The predicted molar refractivity (Wildman–Crippen MR) is 212 cm³/mol. The number of hydrogen-bond donors (Lipinski definition) is 1. The highest BCUT2D eigenvalue weighted by molar-refractivity contribution is 7.90. The van der Waals surface area contributed by atoms with Gasteiger partial charge in [0.25, 0.3) is 11.1 Å². The average Bonchev–Trinajstić information content (AvgIpc) is 3.14. The second-order valence-electron chi connectivity index (χ2n) is 15.3. The van der Waals surface area contributed by atoms with Crippen LogP contribution in [0.3, 0.4) is 0 Å². The van der Waals surface area contributed by atoms with Gasteiger partial charge >= 0.3 is 0 Å². The van der Waals surface area contributed by atoms with Gasteiger partial charge in [-0.05, 0) is 56.6 Å². The summed E-state index contributed by atoms with van der Waals surface area (Å²) in [5, 5.41) is 3.11. The molecule has 1 N–H and O–H groups in total. The number of nitrogens with zero attached hydrogens (tertiary/aromatic N) is 4. The molecule has 0 saturated heterocycles. The van der Waals surface area contributed by atoms with E-state index in [0.29, 0.717) is 23.8 Å². The van der Waals surface area contributed by atoms with Crippen LogP contribution >= 0.6 is 0 Å². The van der Waals surface area contributed by atoms with Gasteiger partial charge in [0.2, 0.25) is 20.9 Å². The van der Waals surface area contributed by atoms with Crippen LogP contribution in [0.15, 0.2) is 88.6 Å². The highest BCUT2D eigenvalue weighted by atomic mass is 32.2. The normalized spacial score (nSPS) is 17.7. The molecule has 0 unspecified atom stereocenters. The van der Waals surface area contributed by atoms with Crippen LogP contribution in [0.5, 0.6) is 0 Å². The van der Waals surface area contributed by atoms with Crippen LogP contribution in [0, 0.1) is 0 Å². The lowest BCUT2D eigenvalue weighted by atomic mass is 9.62. The van der Waals surface area contributed by atoms with E-state index in [4.69, 9.17) is 4.98 Å². The second-order valence-corrected chi connectivity index (χ2v) is 17.2. The van der Waals surface area contributed by atoms with E-state index in [1.54, 1.807) is 16.7 Å². The van der Waals surface area contributed by atoms with E-state index >= 15 is 0 Å². The Morgan fingerprint density at radius 1 is 0.717 bits per heavy atom. The molecule has 2 spiro atoms. The highest BCUT2D eigenvalue weighted by Crippen LogP contribution is 2.50. The van der Waals surface area contributed by atoms with Crippen molar-refractivity contribution < 1.29 is 8.42 Å². The van der Waals surface area contributed by atoms with Crippen LogP contribution in [0.2, 0.25) is 0 Å². The third kappa shape index (κ3) is 6.53. The number of allylic oxidation sites excluding steroid dienone is 2. The van der Waals surface area contributed by atoms with Gasteiger partial charge in [-0.1, -0.05) is 99.2 Å². The molecule has 8 rings (SSSR count). The van der Waals surface area contributed by atoms with Crippen LogP contribution in [0.25, 0.3) is 22.5 Å². The minimum absolute atomic E-state index is 0.0559. The Morgan fingerprint density at radius 2 is 1.17 bits per heavy atom. The van der Waals surface area contributed by atoms with E-state index < -0.39 is 9.84 Å². The largest absolute Gasteiger partial charge is 0.356 e. The van der Waals surface area contributed by atoms with Crippen LogP contribution in [0.1, 0.15) is 93.4 Å². The fourth-order valence-electron chi connectivity index (χ4n) is 9.63. The number of hydrogen-bond acceptors (Lipinski definition) is 7. The summed E-state index contributed by atoms with van der Waals surface area (Å²) in [5.74, 6) is 0.652. The van der Waals surface area contributed by atoms with Crippen LogP contribution < -0.4 is 16.4 Å². The fourth-order valence-corrected chi connectivity index (χ4v) is 10.4. The number of fused-ring (bicyclic) bond motifs is 8. The minimum atomic E-state index is -3.65. The first-order valence-electron chi connectivity index (χ1n) is 19.2. The van der Waals surface area contributed by atoms with Crippen molar-refractivity contribution in [1.82, 2.24) is 19.1 Å². The van der Waals surface area contributed by atoms with Crippen LogP contribution in [-0.4, -0.2) is 40.3 Å². The molecule has 2 heterocycles. The summed E-state index contributed by atoms with van der Waals surface area (Å²) in [4.78, 5) is 36.7. The Labute approximate surface area is 312 Å². The van der Waals surface area contributed by atoms with Crippen molar-refractivity contribution in [3.05, 3.63) is 117 Å². The van der Waals surface area contributed by atoms with E-state index in [0.717, 1.165) is 92.1 Å². The van der Waals surface area contributed by atoms with Gasteiger partial charge in [-0.15, -0.1) is 13.2 Å². The van der Waals surface area contributed by atoms with Gasteiger partial charge in [0.05, 0.1) is 22.5 Å². The van der Waals surface area contributed by atoms with Gasteiger partial charge in [-0.3, -0.25) is 18.7 Å². The summed E-state index contributed by atoms with van der Waals surface area (Å²) in [5.41, 5.74) is 7.19. The van der Waals surface area contributed by atoms with E-state index in [2.05, 4.69) is 47.7 Å². The Bertz CT molecular complexity index is 2290. The molecular formula is C43H51N5O4S. The van der Waals surface area contributed by atoms with Gasteiger partial charge in [-0.25, -0.2) is 18.4 Å². The monoisotopic (exact) mass is 733 g/mol. The zero-order valence-corrected chi connectivity index (χ0v) is 31.9. The van der Waals surface area contributed by atoms with Crippen molar-refractivity contribution in [2.24, 2.45) is 0 Å². The first-order valence-corrected chi connectivity index (χ1v) is 21.1. The Morgan fingerprint density at radius 3 is 1.64 bits per heavy atom. The van der Waals surface area contributed by atoms with Gasteiger partial charge in [0, 0.05) is 47.8 Å². The molecule has 0 bridgehead atoms. The summed E-state index contributed by atoms with van der Waals surface area (Å²) >= 11 is 0. The summed E-state index contributed by atoms with van der Waals surface area (Å²) in [6.45, 7) is 10.9. The molecule has 278 valence electrons. The first-order chi connectivity index (χ1) is 25.6. The maximum Gasteiger partial charge on any atom is 0.259 e. The molecule has 0 radical (unpaired) electrons. The van der Waals surface area contributed by atoms with E-state index in [-0.39, 0.29) is 33.6 Å². The zero-order chi connectivity index (χ0) is 37.4. The molecule has 4 aromatic rings. The minimum Gasteiger partial charge on any atom is -0.356 e. The van der Waals surface area contributed by atoms with Crippen molar-refractivity contribution in [1.29, 1.82) is 0 Å².